The smallest absolute Gasteiger partial charge is 0.294 e. The molecular formula is C18H18FN5O2S. The number of amides is 1. The van der Waals surface area contributed by atoms with Crippen LogP contribution >= 0.6 is 11.3 Å². The number of hydrogen-bond donors (Lipinski definition) is 0. The molecule has 1 amide bonds. The molecule has 2 aromatic heterocycles. The third kappa shape index (κ3) is 3.82. The molecule has 0 unspecified atom stereocenters. The highest BCUT2D eigenvalue weighted by atomic mass is 32.1. The third-order valence-electron chi connectivity index (χ3n) is 4.58. The van der Waals surface area contributed by atoms with E-state index in [1.807, 2.05) is 4.90 Å². The van der Waals surface area contributed by atoms with Gasteiger partial charge in [-0.15, -0.1) is 10.2 Å². The van der Waals surface area contributed by atoms with Gasteiger partial charge in [-0.1, -0.05) is 11.3 Å². The average molecular weight is 387 g/mol. The van der Waals surface area contributed by atoms with Crippen molar-refractivity contribution in [3.05, 3.63) is 47.4 Å². The lowest BCUT2D eigenvalue weighted by Gasteiger charge is -2.31. The fourth-order valence-corrected chi connectivity index (χ4v) is 3.60. The molecule has 3 aromatic rings. The van der Waals surface area contributed by atoms with E-state index in [0.717, 1.165) is 18.4 Å². The van der Waals surface area contributed by atoms with Crippen LogP contribution in [0.4, 0.5) is 4.39 Å². The molecule has 0 radical (unpaired) electrons. The first kappa shape index (κ1) is 17.6. The molecule has 0 bridgehead atoms. The van der Waals surface area contributed by atoms with Crippen molar-refractivity contribution in [3.63, 3.8) is 0 Å². The molecule has 0 spiro atoms. The Kier molecular flexibility index (Phi) is 4.85. The molecule has 7 nitrogen and oxygen atoms in total. The van der Waals surface area contributed by atoms with Crippen LogP contribution in [0.2, 0.25) is 0 Å². The zero-order valence-electron chi connectivity index (χ0n) is 14.7. The van der Waals surface area contributed by atoms with Gasteiger partial charge in [0.25, 0.3) is 11.1 Å². The van der Waals surface area contributed by atoms with Gasteiger partial charge in [0.2, 0.25) is 0 Å². The molecule has 1 aliphatic rings. The zero-order chi connectivity index (χ0) is 18.8. The Morgan fingerprint density at radius 3 is 2.67 bits per heavy atom. The van der Waals surface area contributed by atoms with Gasteiger partial charge in [-0.2, -0.15) is 5.10 Å². The SMILES string of the molecule is Cn1nc(-c2ccc(F)cc2)cc1C(=O)N1CCC(Oc2nncs2)CC1. The van der Waals surface area contributed by atoms with Crippen molar-refractivity contribution in [2.75, 3.05) is 13.1 Å². The van der Waals surface area contributed by atoms with E-state index in [9.17, 15) is 9.18 Å². The number of aryl methyl sites for hydroxylation is 1. The van der Waals surface area contributed by atoms with Crippen molar-refractivity contribution in [2.24, 2.45) is 7.05 Å². The van der Waals surface area contributed by atoms with E-state index >= 15 is 0 Å². The summed E-state index contributed by atoms with van der Waals surface area (Å²) in [5.41, 5.74) is 3.57. The highest BCUT2D eigenvalue weighted by molar-refractivity contribution is 7.11. The molecule has 140 valence electrons. The lowest BCUT2D eigenvalue weighted by Crippen LogP contribution is -2.42. The third-order valence-corrected chi connectivity index (χ3v) is 5.15. The van der Waals surface area contributed by atoms with E-state index in [-0.39, 0.29) is 17.8 Å². The topological polar surface area (TPSA) is 73.1 Å². The normalized spacial score (nSPS) is 15.1. The molecule has 3 heterocycles. The maximum Gasteiger partial charge on any atom is 0.294 e. The number of halogens is 1. The van der Waals surface area contributed by atoms with Gasteiger partial charge < -0.3 is 9.64 Å². The van der Waals surface area contributed by atoms with Crippen LogP contribution in [0.15, 0.2) is 35.8 Å². The van der Waals surface area contributed by atoms with Gasteiger partial charge in [0.1, 0.15) is 23.1 Å². The zero-order valence-corrected chi connectivity index (χ0v) is 15.5. The molecule has 0 aliphatic carbocycles. The van der Waals surface area contributed by atoms with Crippen LogP contribution in [0.25, 0.3) is 11.3 Å². The Morgan fingerprint density at radius 1 is 1.26 bits per heavy atom. The molecule has 1 aliphatic heterocycles. The predicted molar refractivity (Wildman–Crippen MR) is 98.1 cm³/mol. The number of hydrogen-bond acceptors (Lipinski definition) is 6. The summed E-state index contributed by atoms with van der Waals surface area (Å²) in [6, 6.07) is 7.83. The van der Waals surface area contributed by atoms with Crippen molar-refractivity contribution in [3.8, 4) is 16.5 Å². The summed E-state index contributed by atoms with van der Waals surface area (Å²) in [4.78, 5) is 14.7. The van der Waals surface area contributed by atoms with Gasteiger partial charge in [0.15, 0.2) is 0 Å². The molecule has 27 heavy (non-hydrogen) atoms. The van der Waals surface area contributed by atoms with Crippen LogP contribution in [-0.2, 0) is 7.05 Å². The summed E-state index contributed by atoms with van der Waals surface area (Å²) in [6.45, 7) is 1.22. The van der Waals surface area contributed by atoms with Crippen molar-refractivity contribution in [1.29, 1.82) is 0 Å². The van der Waals surface area contributed by atoms with Crippen molar-refractivity contribution in [1.82, 2.24) is 24.9 Å². The number of ether oxygens (including phenoxy) is 1. The Balaban J connectivity index is 1.42. The van der Waals surface area contributed by atoms with Gasteiger partial charge in [-0.25, -0.2) is 4.39 Å². The Hall–Kier alpha value is -2.81. The highest BCUT2D eigenvalue weighted by Crippen LogP contribution is 2.23. The average Bonchev–Trinajstić information content (AvgIpc) is 3.32. The van der Waals surface area contributed by atoms with Gasteiger partial charge in [-0.3, -0.25) is 9.48 Å². The largest absolute Gasteiger partial charge is 0.465 e. The van der Waals surface area contributed by atoms with E-state index < -0.39 is 0 Å². The maximum absolute atomic E-state index is 13.1. The second kappa shape index (κ2) is 7.43. The van der Waals surface area contributed by atoms with Gasteiger partial charge in [0.05, 0.1) is 5.69 Å². The first-order valence-electron chi connectivity index (χ1n) is 8.62. The molecule has 1 saturated heterocycles. The first-order chi connectivity index (χ1) is 13.1. The Labute approximate surface area is 159 Å². The summed E-state index contributed by atoms with van der Waals surface area (Å²) in [5.74, 6) is -0.364. The van der Waals surface area contributed by atoms with E-state index in [1.165, 1.54) is 23.5 Å². The van der Waals surface area contributed by atoms with Crippen LogP contribution in [0.5, 0.6) is 5.19 Å². The summed E-state index contributed by atoms with van der Waals surface area (Å²) in [5, 5.41) is 12.6. The molecule has 9 heteroatoms. The summed E-state index contributed by atoms with van der Waals surface area (Å²) in [7, 11) is 1.74. The minimum Gasteiger partial charge on any atom is -0.465 e. The van der Waals surface area contributed by atoms with Crippen LogP contribution in [-0.4, -0.2) is 50.0 Å². The Morgan fingerprint density at radius 2 is 2.00 bits per heavy atom. The van der Waals surface area contributed by atoms with Crippen LogP contribution in [0.3, 0.4) is 0 Å². The lowest BCUT2D eigenvalue weighted by atomic mass is 10.1. The first-order valence-corrected chi connectivity index (χ1v) is 9.50. The number of likely N-dealkylation sites (tertiary alicyclic amines) is 1. The van der Waals surface area contributed by atoms with Gasteiger partial charge >= 0.3 is 0 Å². The van der Waals surface area contributed by atoms with E-state index in [1.54, 1.807) is 35.4 Å². The molecule has 0 N–H and O–H groups in total. The Bertz CT molecular complexity index is 918. The number of nitrogens with zero attached hydrogens (tertiary/aromatic N) is 5. The van der Waals surface area contributed by atoms with Crippen molar-refractivity contribution in [2.45, 2.75) is 18.9 Å². The summed E-state index contributed by atoms with van der Waals surface area (Å²) in [6.07, 6.45) is 1.53. The quantitative estimate of drug-likeness (QED) is 0.688. The van der Waals surface area contributed by atoms with Gasteiger partial charge in [0, 0.05) is 38.5 Å². The standard InChI is InChI=1S/C18H18FN5O2S/c1-23-16(10-15(22-23)12-2-4-13(19)5-3-12)17(25)24-8-6-14(7-9-24)26-18-21-20-11-27-18/h2-5,10-11,14H,6-9H2,1H3. The van der Waals surface area contributed by atoms with Crippen LogP contribution in [0.1, 0.15) is 23.3 Å². The second-order valence-corrected chi connectivity index (χ2v) is 7.16. The number of piperidine rings is 1. The molecule has 1 aromatic carbocycles. The summed E-state index contributed by atoms with van der Waals surface area (Å²) < 4.78 is 20.5. The molecule has 1 fully saturated rings. The number of benzene rings is 1. The fourth-order valence-electron chi connectivity index (χ4n) is 3.12. The second-order valence-electron chi connectivity index (χ2n) is 6.36. The molecule has 4 rings (SSSR count). The number of carbonyl (C=O) groups is 1. The number of aromatic nitrogens is 4. The minimum atomic E-state index is -0.301. The van der Waals surface area contributed by atoms with Crippen LogP contribution in [0, 0.1) is 5.82 Å². The summed E-state index contributed by atoms with van der Waals surface area (Å²) >= 11 is 1.36. The molecule has 0 atom stereocenters. The number of rotatable bonds is 4. The van der Waals surface area contributed by atoms with Crippen LogP contribution < -0.4 is 4.74 Å². The van der Waals surface area contributed by atoms with E-state index in [4.69, 9.17) is 4.74 Å². The molecular weight excluding hydrogens is 369 g/mol. The lowest BCUT2D eigenvalue weighted by molar-refractivity contribution is 0.0584. The van der Waals surface area contributed by atoms with E-state index in [0.29, 0.717) is 29.7 Å². The maximum atomic E-state index is 13.1. The van der Waals surface area contributed by atoms with E-state index in [2.05, 4.69) is 15.3 Å². The minimum absolute atomic E-state index is 0.0447. The molecule has 0 saturated carbocycles. The van der Waals surface area contributed by atoms with Gasteiger partial charge in [-0.05, 0) is 30.3 Å². The fraction of sp³-hybridized carbons (Fsp3) is 0.333. The monoisotopic (exact) mass is 387 g/mol. The predicted octanol–water partition coefficient (Wildman–Crippen LogP) is 2.76. The highest BCUT2D eigenvalue weighted by Gasteiger charge is 2.27. The number of carbonyl (C=O) groups excluding carboxylic acids is 1. The van der Waals surface area contributed by atoms with Crippen molar-refractivity contribution >= 4 is 17.2 Å². The van der Waals surface area contributed by atoms with Crippen molar-refractivity contribution < 1.29 is 13.9 Å².